The van der Waals surface area contributed by atoms with Gasteiger partial charge in [-0.1, -0.05) is 0 Å². The van der Waals surface area contributed by atoms with Gasteiger partial charge in [-0.25, -0.2) is 0 Å². The van der Waals surface area contributed by atoms with Gasteiger partial charge in [-0.3, -0.25) is 9.80 Å². The molecule has 3 aliphatic rings. The zero-order valence-corrected chi connectivity index (χ0v) is 13.6. The highest BCUT2D eigenvalue weighted by Crippen LogP contribution is 2.22. The number of likely N-dealkylation sites (tertiary alicyclic amines) is 2. The summed E-state index contributed by atoms with van der Waals surface area (Å²) in [5.41, 5.74) is 0. The molecule has 0 spiro atoms. The van der Waals surface area contributed by atoms with E-state index in [1.54, 1.807) is 0 Å². The fourth-order valence-corrected chi connectivity index (χ4v) is 4.10. The van der Waals surface area contributed by atoms with Crippen LogP contribution in [-0.4, -0.2) is 98.1 Å². The van der Waals surface area contributed by atoms with Crippen molar-refractivity contribution < 1.29 is 0 Å². The van der Waals surface area contributed by atoms with Crippen molar-refractivity contribution in [1.82, 2.24) is 19.6 Å². The zero-order valence-electron chi connectivity index (χ0n) is 13.6. The second-order valence-electron chi connectivity index (χ2n) is 7.46. The molecule has 1 atom stereocenters. The Morgan fingerprint density at radius 2 is 1.55 bits per heavy atom. The first-order valence-corrected chi connectivity index (χ1v) is 8.47. The van der Waals surface area contributed by atoms with Crippen molar-refractivity contribution in [2.24, 2.45) is 5.92 Å². The van der Waals surface area contributed by atoms with Gasteiger partial charge in [-0.15, -0.1) is 0 Å². The highest BCUT2D eigenvalue weighted by atomic mass is 15.4. The van der Waals surface area contributed by atoms with E-state index in [9.17, 15) is 0 Å². The van der Waals surface area contributed by atoms with Crippen LogP contribution in [0.2, 0.25) is 0 Å². The summed E-state index contributed by atoms with van der Waals surface area (Å²) < 4.78 is 0. The molecule has 116 valence electrons. The lowest BCUT2D eigenvalue weighted by Gasteiger charge is -2.49. The average molecular weight is 280 g/mol. The van der Waals surface area contributed by atoms with E-state index in [1.807, 2.05) is 0 Å². The predicted octanol–water partition coefficient (Wildman–Crippen LogP) is 0.648. The highest BCUT2D eigenvalue weighted by molar-refractivity contribution is 4.91. The van der Waals surface area contributed by atoms with E-state index >= 15 is 0 Å². The Labute approximate surface area is 124 Å². The molecule has 0 aromatic rings. The van der Waals surface area contributed by atoms with Crippen LogP contribution in [-0.2, 0) is 0 Å². The van der Waals surface area contributed by atoms with Crippen LogP contribution in [0, 0.1) is 5.92 Å². The van der Waals surface area contributed by atoms with Crippen LogP contribution in [0.4, 0.5) is 0 Å². The van der Waals surface area contributed by atoms with Crippen molar-refractivity contribution in [3.8, 4) is 0 Å². The van der Waals surface area contributed by atoms with E-state index in [-0.39, 0.29) is 0 Å². The van der Waals surface area contributed by atoms with Gasteiger partial charge in [-0.2, -0.15) is 0 Å². The second-order valence-corrected chi connectivity index (χ2v) is 7.46. The molecule has 3 aliphatic heterocycles. The Morgan fingerprint density at radius 1 is 0.850 bits per heavy atom. The molecule has 4 nitrogen and oxygen atoms in total. The second kappa shape index (κ2) is 6.30. The monoisotopic (exact) mass is 280 g/mol. The lowest BCUT2D eigenvalue weighted by Crippen LogP contribution is -2.64. The number of hydrogen-bond acceptors (Lipinski definition) is 4. The molecular formula is C16H32N4. The third-order valence-corrected chi connectivity index (χ3v) is 5.69. The van der Waals surface area contributed by atoms with E-state index in [0.29, 0.717) is 0 Å². The van der Waals surface area contributed by atoms with Gasteiger partial charge in [-0.05, 0) is 52.9 Å². The quantitative estimate of drug-likeness (QED) is 0.752. The summed E-state index contributed by atoms with van der Waals surface area (Å²) in [5.74, 6) is 0.940. The van der Waals surface area contributed by atoms with E-state index < -0.39 is 0 Å². The van der Waals surface area contributed by atoms with E-state index in [1.165, 1.54) is 65.2 Å². The van der Waals surface area contributed by atoms with Gasteiger partial charge in [0.2, 0.25) is 0 Å². The Morgan fingerprint density at radius 3 is 2.15 bits per heavy atom. The predicted molar refractivity (Wildman–Crippen MR) is 84.1 cm³/mol. The number of hydrogen-bond donors (Lipinski definition) is 0. The molecule has 3 rings (SSSR count). The molecule has 0 saturated carbocycles. The molecule has 3 fully saturated rings. The first kappa shape index (κ1) is 14.8. The van der Waals surface area contributed by atoms with Crippen molar-refractivity contribution in [2.45, 2.75) is 31.8 Å². The van der Waals surface area contributed by atoms with Gasteiger partial charge in [0.1, 0.15) is 0 Å². The molecule has 0 aromatic heterocycles. The Balaban J connectivity index is 1.43. The molecule has 3 saturated heterocycles. The molecule has 20 heavy (non-hydrogen) atoms. The SMILES string of the molecule is CC1CN(C2CN(C)C2)CCN1CC1CCN(C)CC1. The van der Waals surface area contributed by atoms with Gasteiger partial charge in [0.15, 0.2) is 0 Å². The van der Waals surface area contributed by atoms with Crippen molar-refractivity contribution in [2.75, 3.05) is 66.5 Å². The van der Waals surface area contributed by atoms with Gasteiger partial charge in [0.05, 0.1) is 0 Å². The minimum absolute atomic E-state index is 0.745. The lowest BCUT2D eigenvalue weighted by molar-refractivity contribution is -0.00963. The first-order chi connectivity index (χ1) is 9.61. The van der Waals surface area contributed by atoms with Crippen molar-refractivity contribution in [1.29, 1.82) is 0 Å². The molecule has 0 aromatic carbocycles. The summed E-state index contributed by atoms with van der Waals surface area (Å²) in [7, 11) is 4.49. The maximum Gasteiger partial charge on any atom is 0.0351 e. The molecular weight excluding hydrogens is 248 g/mol. The van der Waals surface area contributed by atoms with Crippen LogP contribution in [0.5, 0.6) is 0 Å². The molecule has 0 aliphatic carbocycles. The van der Waals surface area contributed by atoms with E-state index in [2.05, 4.69) is 40.6 Å². The Bertz CT molecular complexity index is 308. The summed E-state index contributed by atoms with van der Waals surface area (Å²) >= 11 is 0. The van der Waals surface area contributed by atoms with Gasteiger partial charge >= 0.3 is 0 Å². The number of nitrogens with zero attached hydrogens (tertiary/aromatic N) is 4. The fourth-order valence-electron chi connectivity index (χ4n) is 4.10. The van der Waals surface area contributed by atoms with Gasteiger partial charge in [0, 0.05) is 51.4 Å². The largest absolute Gasteiger partial charge is 0.306 e. The lowest BCUT2D eigenvalue weighted by atomic mass is 9.95. The van der Waals surface area contributed by atoms with E-state index in [0.717, 1.165) is 18.0 Å². The third-order valence-electron chi connectivity index (χ3n) is 5.69. The highest BCUT2D eigenvalue weighted by Gasteiger charge is 2.34. The first-order valence-electron chi connectivity index (χ1n) is 8.47. The Kier molecular flexibility index (Phi) is 4.65. The van der Waals surface area contributed by atoms with Crippen LogP contribution in [0.3, 0.4) is 0 Å². The molecule has 1 unspecified atom stereocenters. The van der Waals surface area contributed by atoms with Crippen molar-refractivity contribution in [3.05, 3.63) is 0 Å². The van der Waals surface area contributed by atoms with Crippen LogP contribution in [0.1, 0.15) is 19.8 Å². The number of rotatable bonds is 3. The maximum atomic E-state index is 2.76. The van der Waals surface area contributed by atoms with Gasteiger partial charge < -0.3 is 9.80 Å². The number of likely N-dealkylation sites (N-methyl/N-ethyl adjacent to an activating group) is 1. The standard InChI is InChI=1S/C16H32N4/c1-14-10-20(16-12-18(3)13-16)9-8-19(14)11-15-4-6-17(2)7-5-15/h14-16H,4-13H2,1-3H3. The summed E-state index contributed by atoms with van der Waals surface area (Å²) in [6, 6.07) is 1.59. The maximum absolute atomic E-state index is 2.76. The molecule has 0 N–H and O–H groups in total. The van der Waals surface area contributed by atoms with Crippen LogP contribution in [0.25, 0.3) is 0 Å². The van der Waals surface area contributed by atoms with Crippen LogP contribution in [0.15, 0.2) is 0 Å². The molecule has 3 heterocycles. The van der Waals surface area contributed by atoms with Crippen LogP contribution < -0.4 is 0 Å². The van der Waals surface area contributed by atoms with E-state index in [4.69, 9.17) is 0 Å². The topological polar surface area (TPSA) is 13.0 Å². The summed E-state index contributed by atoms with van der Waals surface area (Å²) in [6.07, 6.45) is 2.80. The molecule has 0 bridgehead atoms. The smallest absolute Gasteiger partial charge is 0.0351 e. The fraction of sp³-hybridized carbons (Fsp3) is 1.00. The van der Waals surface area contributed by atoms with Crippen molar-refractivity contribution in [3.63, 3.8) is 0 Å². The minimum Gasteiger partial charge on any atom is -0.306 e. The summed E-state index contributed by atoms with van der Waals surface area (Å²) in [6.45, 7) is 12.8. The molecule has 0 radical (unpaired) electrons. The normalized spacial score (nSPS) is 33.5. The zero-order chi connectivity index (χ0) is 14.1. The Hall–Kier alpha value is -0.160. The van der Waals surface area contributed by atoms with Crippen LogP contribution >= 0.6 is 0 Å². The summed E-state index contributed by atoms with van der Waals surface area (Å²) in [5, 5.41) is 0. The third kappa shape index (κ3) is 3.35. The number of piperidine rings is 1. The molecule has 0 amide bonds. The summed E-state index contributed by atoms with van der Waals surface area (Å²) in [4.78, 5) is 10.4. The van der Waals surface area contributed by atoms with Crippen molar-refractivity contribution >= 4 is 0 Å². The molecule has 4 heteroatoms. The van der Waals surface area contributed by atoms with Gasteiger partial charge in [0.25, 0.3) is 0 Å². The number of piperazine rings is 1. The average Bonchev–Trinajstić information content (AvgIpc) is 2.40. The minimum atomic E-state index is 0.745.